The van der Waals surface area contributed by atoms with Crippen molar-refractivity contribution in [3.05, 3.63) is 0 Å². The average molecular weight is 212 g/mol. The fourth-order valence-electron chi connectivity index (χ4n) is 2.46. The highest BCUT2D eigenvalue weighted by Crippen LogP contribution is 2.29. The van der Waals surface area contributed by atoms with Crippen LogP contribution >= 0.6 is 0 Å². The van der Waals surface area contributed by atoms with E-state index >= 15 is 0 Å². The molecule has 0 saturated carbocycles. The van der Waals surface area contributed by atoms with Gasteiger partial charge in [0.25, 0.3) is 0 Å². The minimum atomic E-state index is 0.876. The molecular formula is C15H32. The molecule has 15 heavy (non-hydrogen) atoms. The van der Waals surface area contributed by atoms with Gasteiger partial charge < -0.3 is 0 Å². The monoisotopic (exact) mass is 212 g/mol. The lowest BCUT2D eigenvalue weighted by molar-refractivity contribution is 0.229. The van der Waals surface area contributed by atoms with Crippen molar-refractivity contribution in [1.82, 2.24) is 0 Å². The van der Waals surface area contributed by atoms with E-state index in [-0.39, 0.29) is 0 Å². The Bertz CT molecular complexity index is 137. The molecule has 92 valence electrons. The molecule has 0 N–H and O–H groups in total. The summed E-state index contributed by atoms with van der Waals surface area (Å²) in [6.07, 6.45) is 6.98. The Labute approximate surface area is 97.8 Å². The molecule has 0 heteroatoms. The van der Waals surface area contributed by atoms with Crippen LogP contribution in [0.25, 0.3) is 0 Å². The number of rotatable bonds is 8. The molecule has 0 radical (unpaired) electrons. The normalized spacial score (nSPS) is 17.8. The minimum Gasteiger partial charge on any atom is -0.0651 e. The van der Waals surface area contributed by atoms with Crippen LogP contribution in [0.15, 0.2) is 0 Å². The molecule has 0 spiro atoms. The number of hydrogen-bond acceptors (Lipinski definition) is 0. The van der Waals surface area contributed by atoms with Gasteiger partial charge in [0.15, 0.2) is 0 Å². The first kappa shape index (κ1) is 15.0. The molecule has 0 aliphatic heterocycles. The molecule has 0 saturated heterocycles. The molecular weight excluding hydrogens is 180 g/mol. The summed E-state index contributed by atoms with van der Waals surface area (Å²) >= 11 is 0. The largest absolute Gasteiger partial charge is 0.0651 e. The molecule has 0 aliphatic carbocycles. The van der Waals surface area contributed by atoms with Crippen molar-refractivity contribution >= 4 is 0 Å². The van der Waals surface area contributed by atoms with Crippen molar-refractivity contribution in [2.24, 2.45) is 23.7 Å². The van der Waals surface area contributed by atoms with E-state index in [2.05, 4.69) is 41.5 Å². The second-order valence-electron chi connectivity index (χ2n) is 5.74. The second kappa shape index (κ2) is 8.19. The first-order valence-corrected chi connectivity index (χ1v) is 7.02. The molecule has 0 rings (SSSR count). The Hall–Kier alpha value is 0. The fourth-order valence-corrected chi connectivity index (χ4v) is 2.46. The van der Waals surface area contributed by atoms with Crippen molar-refractivity contribution in [3.63, 3.8) is 0 Å². The third-order valence-corrected chi connectivity index (χ3v) is 4.17. The van der Waals surface area contributed by atoms with Gasteiger partial charge in [-0.1, -0.05) is 73.6 Å². The van der Waals surface area contributed by atoms with E-state index in [0.717, 1.165) is 23.7 Å². The van der Waals surface area contributed by atoms with Crippen LogP contribution in [-0.4, -0.2) is 0 Å². The SMILES string of the molecule is CCC(C)C(C)C(CC)CCCC(C)C. The molecule has 0 nitrogen and oxygen atoms in total. The van der Waals surface area contributed by atoms with Crippen LogP contribution in [0, 0.1) is 23.7 Å². The van der Waals surface area contributed by atoms with Gasteiger partial charge in [-0.3, -0.25) is 0 Å². The summed E-state index contributed by atoms with van der Waals surface area (Å²) in [4.78, 5) is 0. The summed E-state index contributed by atoms with van der Waals surface area (Å²) in [6, 6.07) is 0. The van der Waals surface area contributed by atoms with Gasteiger partial charge in [0.05, 0.1) is 0 Å². The van der Waals surface area contributed by atoms with Crippen LogP contribution in [0.3, 0.4) is 0 Å². The lowest BCUT2D eigenvalue weighted by Gasteiger charge is -2.27. The molecule has 0 heterocycles. The van der Waals surface area contributed by atoms with E-state index in [1.807, 2.05) is 0 Å². The second-order valence-corrected chi connectivity index (χ2v) is 5.74. The zero-order valence-electron chi connectivity index (χ0n) is 11.8. The quantitative estimate of drug-likeness (QED) is 0.497. The van der Waals surface area contributed by atoms with Crippen molar-refractivity contribution < 1.29 is 0 Å². The highest BCUT2D eigenvalue weighted by Gasteiger charge is 2.19. The summed E-state index contributed by atoms with van der Waals surface area (Å²) in [6.45, 7) is 14.2. The zero-order chi connectivity index (χ0) is 11.8. The van der Waals surface area contributed by atoms with E-state index in [1.165, 1.54) is 32.1 Å². The molecule has 0 fully saturated rings. The summed E-state index contributed by atoms with van der Waals surface area (Å²) in [5.74, 6) is 3.64. The zero-order valence-corrected chi connectivity index (χ0v) is 11.8. The van der Waals surface area contributed by atoms with Gasteiger partial charge in [-0.25, -0.2) is 0 Å². The molecule has 0 aromatic heterocycles. The first-order valence-electron chi connectivity index (χ1n) is 7.02. The van der Waals surface area contributed by atoms with Gasteiger partial charge in [0.2, 0.25) is 0 Å². The van der Waals surface area contributed by atoms with Crippen molar-refractivity contribution in [3.8, 4) is 0 Å². The molecule has 3 atom stereocenters. The number of hydrogen-bond donors (Lipinski definition) is 0. The van der Waals surface area contributed by atoms with Crippen LogP contribution in [0.2, 0.25) is 0 Å². The van der Waals surface area contributed by atoms with Gasteiger partial charge in [-0.15, -0.1) is 0 Å². The Balaban J connectivity index is 3.90. The highest BCUT2D eigenvalue weighted by atomic mass is 14.2. The van der Waals surface area contributed by atoms with Crippen LogP contribution < -0.4 is 0 Å². The maximum absolute atomic E-state index is 2.46. The topological polar surface area (TPSA) is 0 Å². The predicted octanol–water partition coefficient (Wildman–Crippen LogP) is 5.52. The van der Waals surface area contributed by atoms with Crippen LogP contribution in [0.1, 0.15) is 73.6 Å². The first-order chi connectivity index (χ1) is 7.02. The summed E-state index contributed by atoms with van der Waals surface area (Å²) < 4.78 is 0. The summed E-state index contributed by atoms with van der Waals surface area (Å²) in [5.41, 5.74) is 0. The Morgan fingerprint density at radius 3 is 1.80 bits per heavy atom. The van der Waals surface area contributed by atoms with Crippen molar-refractivity contribution in [2.75, 3.05) is 0 Å². The Morgan fingerprint density at radius 2 is 1.40 bits per heavy atom. The average Bonchev–Trinajstić information content (AvgIpc) is 2.22. The maximum Gasteiger partial charge on any atom is -0.0389 e. The van der Waals surface area contributed by atoms with Crippen molar-refractivity contribution in [2.45, 2.75) is 73.6 Å². The molecule has 3 unspecified atom stereocenters. The standard InChI is InChI=1S/C15H32/c1-7-13(5)14(6)15(8-2)11-9-10-12(3)4/h12-15H,7-11H2,1-6H3. The molecule has 0 aromatic carbocycles. The van der Waals surface area contributed by atoms with Gasteiger partial charge in [0.1, 0.15) is 0 Å². The summed E-state index contributed by atoms with van der Waals surface area (Å²) in [7, 11) is 0. The molecule has 0 aromatic rings. The van der Waals surface area contributed by atoms with E-state index in [1.54, 1.807) is 0 Å². The fraction of sp³-hybridized carbons (Fsp3) is 1.00. The van der Waals surface area contributed by atoms with Crippen LogP contribution in [0.4, 0.5) is 0 Å². The molecule has 0 amide bonds. The predicted molar refractivity (Wildman–Crippen MR) is 71.1 cm³/mol. The minimum absolute atomic E-state index is 0.876. The van der Waals surface area contributed by atoms with Gasteiger partial charge in [0, 0.05) is 0 Å². The summed E-state index contributed by atoms with van der Waals surface area (Å²) in [5, 5.41) is 0. The third kappa shape index (κ3) is 6.22. The van der Waals surface area contributed by atoms with E-state index in [0.29, 0.717) is 0 Å². The molecule has 0 aliphatic rings. The van der Waals surface area contributed by atoms with E-state index in [9.17, 15) is 0 Å². The van der Waals surface area contributed by atoms with Crippen LogP contribution in [-0.2, 0) is 0 Å². The highest BCUT2D eigenvalue weighted by molar-refractivity contribution is 4.70. The Morgan fingerprint density at radius 1 is 0.800 bits per heavy atom. The van der Waals surface area contributed by atoms with Crippen LogP contribution in [0.5, 0.6) is 0 Å². The van der Waals surface area contributed by atoms with Gasteiger partial charge in [-0.2, -0.15) is 0 Å². The maximum atomic E-state index is 2.46. The van der Waals surface area contributed by atoms with E-state index in [4.69, 9.17) is 0 Å². The lowest BCUT2D eigenvalue weighted by Crippen LogP contribution is -2.18. The van der Waals surface area contributed by atoms with Crippen molar-refractivity contribution in [1.29, 1.82) is 0 Å². The smallest absolute Gasteiger partial charge is 0.0389 e. The third-order valence-electron chi connectivity index (χ3n) is 4.17. The van der Waals surface area contributed by atoms with Gasteiger partial charge in [-0.05, 0) is 23.7 Å². The molecule has 0 bridgehead atoms. The van der Waals surface area contributed by atoms with E-state index < -0.39 is 0 Å². The lowest BCUT2D eigenvalue weighted by atomic mass is 9.78. The van der Waals surface area contributed by atoms with Gasteiger partial charge >= 0.3 is 0 Å². The Kier molecular flexibility index (Phi) is 8.19.